The molecule has 2 heterocycles. The van der Waals surface area contributed by atoms with Gasteiger partial charge >= 0.3 is 0 Å². The number of nitrogens with zero attached hydrogens (tertiary/aromatic N) is 2. The number of aromatic nitrogens is 1. The molecule has 0 radical (unpaired) electrons. The fraction of sp³-hybridized carbons (Fsp3) is 0.583. The molecular formula is C12H17FN2O. The highest BCUT2D eigenvalue weighted by Gasteiger charge is 2.18. The van der Waals surface area contributed by atoms with Gasteiger partial charge in [0.2, 0.25) is 0 Å². The number of halogens is 1. The molecule has 1 aromatic heterocycles. The van der Waals surface area contributed by atoms with Crippen LogP contribution in [0.3, 0.4) is 0 Å². The van der Waals surface area contributed by atoms with Crippen LogP contribution in [0, 0.1) is 11.7 Å². The van der Waals surface area contributed by atoms with Crippen molar-refractivity contribution in [2.24, 2.45) is 5.92 Å². The quantitative estimate of drug-likeness (QED) is 0.843. The van der Waals surface area contributed by atoms with E-state index < -0.39 is 0 Å². The van der Waals surface area contributed by atoms with E-state index in [0.29, 0.717) is 5.92 Å². The number of likely N-dealkylation sites (tertiary alicyclic amines) is 1. The van der Waals surface area contributed by atoms with E-state index in [1.165, 1.54) is 12.3 Å². The first kappa shape index (κ1) is 11.5. The molecule has 1 N–H and O–H groups in total. The normalized spacial score (nSPS) is 18.9. The van der Waals surface area contributed by atoms with Crippen LogP contribution in [0.5, 0.6) is 0 Å². The van der Waals surface area contributed by atoms with E-state index in [9.17, 15) is 4.39 Å². The third-order valence-electron chi connectivity index (χ3n) is 3.13. The summed E-state index contributed by atoms with van der Waals surface area (Å²) in [5.41, 5.74) is 0.919. The highest BCUT2D eigenvalue weighted by Crippen LogP contribution is 2.18. The average Bonchev–Trinajstić information content (AvgIpc) is 2.30. The van der Waals surface area contributed by atoms with Crippen LogP contribution in [0.15, 0.2) is 18.5 Å². The summed E-state index contributed by atoms with van der Waals surface area (Å²) in [5.74, 6) is 0.171. The van der Waals surface area contributed by atoms with E-state index in [-0.39, 0.29) is 12.4 Å². The van der Waals surface area contributed by atoms with Crippen molar-refractivity contribution in [2.75, 3.05) is 19.7 Å². The Kier molecular flexibility index (Phi) is 3.85. The molecule has 0 bridgehead atoms. The van der Waals surface area contributed by atoms with E-state index in [2.05, 4.69) is 9.88 Å². The van der Waals surface area contributed by atoms with Crippen molar-refractivity contribution in [1.29, 1.82) is 0 Å². The van der Waals surface area contributed by atoms with Gasteiger partial charge in [-0.1, -0.05) is 0 Å². The van der Waals surface area contributed by atoms with Gasteiger partial charge in [-0.05, 0) is 43.5 Å². The topological polar surface area (TPSA) is 36.4 Å². The molecule has 0 aromatic carbocycles. The van der Waals surface area contributed by atoms with E-state index in [0.717, 1.165) is 38.0 Å². The Balaban J connectivity index is 1.87. The van der Waals surface area contributed by atoms with Crippen molar-refractivity contribution in [3.8, 4) is 0 Å². The summed E-state index contributed by atoms with van der Waals surface area (Å²) in [6.45, 7) is 2.99. The number of piperidine rings is 1. The van der Waals surface area contributed by atoms with Gasteiger partial charge in [0.15, 0.2) is 0 Å². The Hall–Kier alpha value is -1.00. The zero-order valence-electron chi connectivity index (χ0n) is 9.27. The molecule has 0 atom stereocenters. The number of pyridine rings is 1. The molecule has 0 unspecified atom stereocenters. The first-order chi connectivity index (χ1) is 7.78. The Labute approximate surface area is 94.9 Å². The SMILES string of the molecule is OCC1CCN(Cc2cncc(F)c2)CC1. The zero-order chi connectivity index (χ0) is 11.4. The van der Waals surface area contributed by atoms with E-state index in [4.69, 9.17) is 5.11 Å². The summed E-state index contributed by atoms with van der Waals surface area (Å²) < 4.78 is 12.9. The highest BCUT2D eigenvalue weighted by atomic mass is 19.1. The van der Waals surface area contributed by atoms with Crippen LogP contribution >= 0.6 is 0 Å². The van der Waals surface area contributed by atoms with Crippen LogP contribution in [0.2, 0.25) is 0 Å². The molecule has 1 aliphatic rings. The number of aliphatic hydroxyl groups is 1. The molecule has 0 saturated carbocycles. The van der Waals surface area contributed by atoms with Crippen molar-refractivity contribution >= 4 is 0 Å². The van der Waals surface area contributed by atoms with Crippen molar-refractivity contribution in [3.05, 3.63) is 29.8 Å². The molecule has 3 nitrogen and oxygen atoms in total. The maximum absolute atomic E-state index is 12.9. The first-order valence-corrected chi connectivity index (χ1v) is 5.70. The molecule has 4 heteroatoms. The van der Waals surface area contributed by atoms with Gasteiger partial charge in [0.1, 0.15) is 5.82 Å². The van der Waals surface area contributed by atoms with Gasteiger partial charge in [0, 0.05) is 19.3 Å². The number of rotatable bonds is 3. The monoisotopic (exact) mass is 224 g/mol. The lowest BCUT2D eigenvalue weighted by molar-refractivity contribution is 0.127. The predicted molar refractivity (Wildman–Crippen MR) is 59.3 cm³/mol. The van der Waals surface area contributed by atoms with Crippen LogP contribution in [0.1, 0.15) is 18.4 Å². The van der Waals surface area contributed by atoms with Gasteiger partial charge in [0.25, 0.3) is 0 Å². The first-order valence-electron chi connectivity index (χ1n) is 5.70. The molecule has 1 fully saturated rings. The number of hydrogen-bond acceptors (Lipinski definition) is 3. The minimum atomic E-state index is -0.275. The average molecular weight is 224 g/mol. The van der Waals surface area contributed by atoms with Crippen LogP contribution in [0.4, 0.5) is 4.39 Å². The maximum atomic E-state index is 12.9. The third kappa shape index (κ3) is 3.00. The summed E-state index contributed by atoms with van der Waals surface area (Å²) in [5, 5.41) is 9.03. The molecule has 1 saturated heterocycles. The second kappa shape index (κ2) is 5.37. The van der Waals surface area contributed by atoms with E-state index >= 15 is 0 Å². The second-order valence-electron chi connectivity index (χ2n) is 4.41. The minimum Gasteiger partial charge on any atom is -0.396 e. The van der Waals surface area contributed by atoms with Gasteiger partial charge in [-0.2, -0.15) is 0 Å². The van der Waals surface area contributed by atoms with Crippen LogP contribution in [-0.4, -0.2) is 34.7 Å². The zero-order valence-corrected chi connectivity index (χ0v) is 9.27. The van der Waals surface area contributed by atoms with Crippen molar-refractivity contribution < 1.29 is 9.50 Å². The molecule has 1 aliphatic heterocycles. The van der Waals surface area contributed by atoms with Gasteiger partial charge in [-0.3, -0.25) is 9.88 Å². The van der Waals surface area contributed by atoms with Gasteiger partial charge in [-0.15, -0.1) is 0 Å². The van der Waals surface area contributed by atoms with Gasteiger partial charge in [0.05, 0.1) is 6.20 Å². The lowest BCUT2D eigenvalue weighted by atomic mass is 9.98. The summed E-state index contributed by atoms with van der Waals surface area (Å²) in [7, 11) is 0. The molecule has 16 heavy (non-hydrogen) atoms. The Morgan fingerprint density at radius 3 is 2.75 bits per heavy atom. The Morgan fingerprint density at radius 2 is 2.12 bits per heavy atom. The lowest BCUT2D eigenvalue weighted by Gasteiger charge is -2.30. The molecule has 0 aliphatic carbocycles. The minimum absolute atomic E-state index is 0.275. The largest absolute Gasteiger partial charge is 0.396 e. The summed E-state index contributed by atoms with van der Waals surface area (Å²) >= 11 is 0. The fourth-order valence-corrected chi connectivity index (χ4v) is 2.13. The summed E-state index contributed by atoms with van der Waals surface area (Å²) in [4.78, 5) is 6.12. The van der Waals surface area contributed by atoms with Gasteiger partial charge in [-0.25, -0.2) is 4.39 Å². The molecule has 0 spiro atoms. The van der Waals surface area contributed by atoms with Gasteiger partial charge < -0.3 is 5.11 Å². The third-order valence-corrected chi connectivity index (χ3v) is 3.13. The molecular weight excluding hydrogens is 207 g/mol. The highest BCUT2D eigenvalue weighted by molar-refractivity contribution is 5.10. The second-order valence-corrected chi connectivity index (χ2v) is 4.41. The van der Waals surface area contributed by atoms with E-state index in [1.807, 2.05) is 0 Å². The summed E-state index contributed by atoms with van der Waals surface area (Å²) in [6, 6.07) is 1.53. The fourth-order valence-electron chi connectivity index (χ4n) is 2.13. The Bertz CT molecular complexity index is 338. The van der Waals surface area contributed by atoms with E-state index in [1.54, 1.807) is 6.20 Å². The smallest absolute Gasteiger partial charge is 0.141 e. The maximum Gasteiger partial charge on any atom is 0.141 e. The van der Waals surface area contributed by atoms with Crippen molar-refractivity contribution in [2.45, 2.75) is 19.4 Å². The van der Waals surface area contributed by atoms with Crippen molar-refractivity contribution in [1.82, 2.24) is 9.88 Å². The molecule has 0 amide bonds. The van der Waals surface area contributed by atoms with Crippen LogP contribution < -0.4 is 0 Å². The molecule has 2 rings (SSSR count). The number of aliphatic hydroxyl groups excluding tert-OH is 1. The van der Waals surface area contributed by atoms with Crippen LogP contribution in [-0.2, 0) is 6.54 Å². The predicted octanol–water partition coefficient (Wildman–Crippen LogP) is 1.43. The molecule has 1 aromatic rings. The van der Waals surface area contributed by atoms with Crippen LogP contribution in [0.25, 0.3) is 0 Å². The number of hydrogen-bond donors (Lipinski definition) is 1. The van der Waals surface area contributed by atoms with Crippen molar-refractivity contribution in [3.63, 3.8) is 0 Å². The Morgan fingerprint density at radius 1 is 1.38 bits per heavy atom. The lowest BCUT2D eigenvalue weighted by Crippen LogP contribution is -2.34. The summed E-state index contributed by atoms with van der Waals surface area (Å²) in [6.07, 6.45) is 4.99. The molecule has 88 valence electrons. The standard InChI is InChI=1S/C12H17FN2O/c13-12-5-11(6-14-7-12)8-15-3-1-10(9-16)2-4-15/h5-7,10,16H,1-4,8-9H2.